The van der Waals surface area contributed by atoms with E-state index in [2.05, 4.69) is 15.5 Å². The summed E-state index contributed by atoms with van der Waals surface area (Å²) in [5.74, 6) is 3.07. The van der Waals surface area contributed by atoms with Crippen molar-refractivity contribution >= 4 is 5.91 Å². The average Bonchev–Trinajstić information content (AvgIpc) is 3.42. The summed E-state index contributed by atoms with van der Waals surface area (Å²) in [5.41, 5.74) is 2.90. The summed E-state index contributed by atoms with van der Waals surface area (Å²) >= 11 is 0. The molecule has 2 aliphatic carbocycles. The molecule has 0 bridgehead atoms. The van der Waals surface area contributed by atoms with Gasteiger partial charge in [0.05, 0.1) is 17.0 Å². The number of carbonyl (C=O) groups excluding carboxylic acids is 1. The highest BCUT2D eigenvalue weighted by molar-refractivity contribution is 5.80. The molecule has 2 aromatic rings. The van der Waals surface area contributed by atoms with Crippen LogP contribution in [0, 0.1) is 25.7 Å². The normalized spacial score (nSPS) is 23.0. The van der Waals surface area contributed by atoms with Crippen molar-refractivity contribution in [2.75, 3.05) is 6.54 Å². The van der Waals surface area contributed by atoms with E-state index in [1.54, 1.807) is 0 Å². The summed E-state index contributed by atoms with van der Waals surface area (Å²) in [4.78, 5) is 20.9. The van der Waals surface area contributed by atoms with Crippen molar-refractivity contribution < 1.29 is 9.32 Å². The van der Waals surface area contributed by atoms with Gasteiger partial charge in [-0.15, -0.1) is 0 Å². The average molecular weight is 354 g/mol. The van der Waals surface area contributed by atoms with Crippen molar-refractivity contribution in [1.82, 2.24) is 20.4 Å². The minimum atomic E-state index is 0.251. The van der Waals surface area contributed by atoms with Gasteiger partial charge in [0.2, 0.25) is 5.91 Å². The molecular weight excluding hydrogens is 328 g/mol. The largest absolute Gasteiger partial charge is 0.356 e. The van der Waals surface area contributed by atoms with Gasteiger partial charge in [0.1, 0.15) is 5.82 Å². The van der Waals surface area contributed by atoms with E-state index < -0.39 is 0 Å². The first kappa shape index (κ1) is 17.2. The summed E-state index contributed by atoms with van der Waals surface area (Å²) in [6.45, 7) is 4.67. The number of hydrogen-bond acceptors (Lipinski definition) is 5. The van der Waals surface area contributed by atoms with E-state index >= 15 is 0 Å². The molecule has 2 heterocycles. The molecule has 2 fully saturated rings. The first-order chi connectivity index (χ1) is 12.6. The minimum absolute atomic E-state index is 0.251. The fraction of sp³-hybridized carbons (Fsp3) is 0.600. The molecule has 26 heavy (non-hydrogen) atoms. The quantitative estimate of drug-likeness (QED) is 0.888. The standard InChI is InChI=1S/C20H26N4O2/c1-12-9-18(26-24-12)17-11-21-13(2)23-19(17)15-5-3-14(4-6-15)10-22-20(25)16-7-8-16/h9,11,14-16H,3-8,10H2,1-2H3,(H,22,25). The maximum absolute atomic E-state index is 11.8. The second-order valence-electron chi connectivity index (χ2n) is 7.79. The molecule has 2 saturated carbocycles. The van der Waals surface area contributed by atoms with Gasteiger partial charge in [-0.1, -0.05) is 5.16 Å². The lowest BCUT2D eigenvalue weighted by Crippen LogP contribution is -2.32. The third-order valence-corrected chi connectivity index (χ3v) is 5.58. The highest BCUT2D eigenvalue weighted by Crippen LogP contribution is 2.39. The van der Waals surface area contributed by atoms with Crippen molar-refractivity contribution in [3.63, 3.8) is 0 Å². The summed E-state index contributed by atoms with van der Waals surface area (Å²) in [6, 6.07) is 1.94. The fourth-order valence-corrected chi connectivity index (χ4v) is 3.85. The number of carbonyl (C=O) groups is 1. The zero-order valence-corrected chi connectivity index (χ0v) is 15.5. The molecule has 0 atom stereocenters. The lowest BCUT2D eigenvalue weighted by molar-refractivity contribution is -0.122. The number of aromatic nitrogens is 3. The molecule has 2 aromatic heterocycles. The molecule has 0 spiro atoms. The van der Waals surface area contributed by atoms with Crippen LogP contribution in [0.15, 0.2) is 16.8 Å². The Kier molecular flexibility index (Phi) is 4.74. The van der Waals surface area contributed by atoms with E-state index in [9.17, 15) is 4.79 Å². The monoisotopic (exact) mass is 354 g/mol. The van der Waals surface area contributed by atoms with Gasteiger partial charge in [-0.05, 0) is 58.3 Å². The van der Waals surface area contributed by atoms with Gasteiger partial charge in [0.25, 0.3) is 0 Å². The summed E-state index contributed by atoms with van der Waals surface area (Å²) < 4.78 is 5.46. The highest BCUT2D eigenvalue weighted by Gasteiger charge is 2.31. The van der Waals surface area contributed by atoms with Crippen LogP contribution in [0.3, 0.4) is 0 Å². The highest BCUT2D eigenvalue weighted by atomic mass is 16.5. The van der Waals surface area contributed by atoms with Crippen molar-refractivity contribution in [1.29, 1.82) is 0 Å². The first-order valence-corrected chi connectivity index (χ1v) is 9.65. The number of hydrogen-bond donors (Lipinski definition) is 1. The zero-order valence-electron chi connectivity index (χ0n) is 15.5. The fourth-order valence-electron chi connectivity index (χ4n) is 3.85. The number of aryl methyl sites for hydroxylation is 2. The molecule has 6 heteroatoms. The Bertz CT molecular complexity index is 789. The van der Waals surface area contributed by atoms with Gasteiger partial charge in [-0.25, -0.2) is 9.97 Å². The van der Waals surface area contributed by atoms with Crippen molar-refractivity contribution in [3.05, 3.63) is 29.5 Å². The predicted octanol–water partition coefficient (Wildman–Crippen LogP) is 3.55. The molecular formula is C20H26N4O2. The minimum Gasteiger partial charge on any atom is -0.356 e. The van der Waals surface area contributed by atoms with Crippen LogP contribution in [-0.4, -0.2) is 27.6 Å². The lowest BCUT2D eigenvalue weighted by Gasteiger charge is -2.29. The zero-order chi connectivity index (χ0) is 18.1. The van der Waals surface area contributed by atoms with Crippen molar-refractivity contribution in [2.45, 2.75) is 58.3 Å². The summed E-state index contributed by atoms with van der Waals surface area (Å²) in [6.07, 6.45) is 8.40. The first-order valence-electron chi connectivity index (χ1n) is 9.65. The summed E-state index contributed by atoms with van der Waals surface area (Å²) in [5, 5.41) is 7.13. The van der Waals surface area contributed by atoms with Crippen LogP contribution in [-0.2, 0) is 4.79 Å². The molecule has 6 nitrogen and oxygen atoms in total. The molecule has 0 aliphatic heterocycles. The SMILES string of the molecule is Cc1cc(-c2cnc(C)nc2C2CCC(CNC(=O)C3CC3)CC2)on1. The third-order valence-electron chi connectivity index (χ3n) is 5.58. The lowest BCUT2D eigenvalue weighted by atomic mass is 9.79. The van der Waals surface area contributed by atoms with Crippen LogP contribution in [0.1, 0.15) is 61.7 Å². The van der Waals surface area contributed by atoms with E-state index in [0.717, 1.165) is 73.6 Å². The summed E-state index contributed by atoms with van der Waals surface area (Å²) in [7, 11) is 0. The Hall–Kier alpha value is -2.24. The maximum Gasteiger partial charge on any atom is 0.223 e. The van der Waals surface area contributed by atoms with Crippen LogP contribution in [0.25, 0.3) is 11.3 Å². The Labute approximate surface area is 153 Å². The maximum atomic E-state index is 11.8. The van der Waals surface area contributed by atoms with Gasteiger partial charge >= 0.3 is 0 Å². The Morgan fingerprint density at radius 1 is 1.19 bits per heavy atom. The molecule has 4 rings (SSSR count). The van der Waals surface area contributed by atoms with E-state index in [-0.39, 0.29) is 5.91 Å². The van der Waals surface area contributed by atoms with Crippen LogP contribution in [0.5, 0.6) is 0 Å². The van der Waals surface area contributed by atoms with E-state index in [1.165, 1.54) is 0 Å². The van der Waals surface area contributed by atoms with Gasteiger partial charge in [0, 0.05) is 30.6 Å². The molecule has 0 unspecified atom stereocenters. The van der Waals surface area contributed by atoms with E-state index in [1.807, 2.05) is 26.1 Å². The van der Waals surface area contributed by atoms with E-state index in [0.29, 0.717) is 17.8 Å². The van der Waals surface area contributed by atoms with Crippen LogP contribution in [0.4, 0.5) is 0 Å². The van der Waals surface area contributed by atoms with Gasteiger partial charge in [-0.2, -0.15) is 0 Å². The van der Waals surface area contributed by atoms with Crippen molar-refractivity contribution in [2.24, 2.45) is 11.8 Å². The second kappa shape index (κ2) is 7.17. The van der Waals surface area contributed by atoms with Gasteiger partial charge in [-0.3, -0.25) is 4.79 Å². The molecule has 0 saturated heterocycles. The molecule has 1 amide bonds. The van der Waals surface area contributed by atoms with Crippen LogP contribution in [0.2, 0.25) is 0 Å². The molecule has 1 N–H and O–H groups in total. The smallest absolute Gasteiger partial charge is 0.223 e. The van der Waals surface area contributed by atoms with Crippen molar-refractivity contribution in [3.8, 4) is 11.3 Å². The molecule has 0 radical (unpaired) electrons. The molecule has 0 aromatic carbocycles. The van der Waals surface area contributed by atoms with Gasteiger partial charge in [0.15, 0.2) is 5.76 Å². The number of nitrogens with one attached hydrogen (secondary N) is 1. The number of nitrogens with zero attached hydrogens (tertiary/aromatic N) is 3. The predicted molar refractivity (Wildman–Crippen MR) is 97.4 cm³/mol. The number of rotatable bonds is 5. The Morgan fingerprint density at radius 3 is 2.62 bits per heavy atom. The topological polar surface area (TPSA) is 80.9 Å². The Balaban J connectivity index is 1.42. The van der Waals surface area contributed by atoms with Gasteiger partial charge < -0.3 is 9.84 Å². The second-order valence-corrected chi connectivity index (χ2v) is 7.79. The molecule has 138 valence electrons. The van der Waals surface area contributed by atoms with Crippen LogP contribution < -0.4 is 5.32 Å². The Morgan fingerprint density at radius 2 is 1.96 bits per heavy atom. The van der Waals surface area contributed by atoms with E-state index in [4.69, 9.17) is 9.51 Å². The third kappa shape index (κ3) is 3.79. The number of amides is 1. The van der Waals surface area contributed by atoms with Crippen LogP contribution >= 0.6 is 0 Å². The molecule has 2 aliphatic rings.